The third kappa shape index (κ3) is 2.09. The Kier molecular flexibility index (Phi) is 3.81. The number of aliphatic hydroxyl groups excluding tert-OH is 2. The van der Waals surface area contributed by atoms with Crippen molar-refractivity contribution in [2.75, 3.05) is 39.4 Å². The van der Waals surface area contributed by atoms with E-state index in [9.17, 15) is 10.2 Å². The van der Waals surface area contributed by atoms with Gasteiger partial charge in [0.25, 0.3) is 0 Å². The molecule has 3 rings (SSSR count). The molecule has 1 aromatic heterocycles. The Balaban J connectivity index is 2.00. The highest BCUT2D eigenvalue weighted by atomic mass is 16.6. The Hall–Kier alpha value is -1.68. The zero-order chi connectivity index (χ0) is 16.0. The fraction of sp³-hybridized carbons (Fsp3) is 0.692. The second-order valence-corrected chi connectivity index (χ2v) is 5.65. The highest BCUT2D eigenvalue weighted by Crippen LogP contribution is 2.36. The molecule has 0 unspecified atom stereocenters. The van der Waals surface area contributed by atoms with Crippen molar-refractivity contribution in [1.29, 1.82) is 5.41 Å². The van der Waals surface area contributed by atoms with Crippen LogP contribution in [-0.4, -0.2) is 83.3 Å². The molecular formula is C13H21N5O4. The Morgan fingerprint density at radius 1 is 1.45 bits per heavy atom. The molecule has 9 nitrogen and oxygen atoms in total. The quantitative estimate of drug-likeness (QED) is 0.644. The third-order valence-corrected chi connectivity index (χ3v) is 4.20. The molecule has 3 N–H and O–H groups in total. The zero-order valence-electron chi connectivity index (χ0n) is 12.8. The molecule has 22 heavy (non-hydrogen) atoms. The second kappa shape index (κ2) is 5.51. The first kappa shape index (κ1) is 15.2. The lowest BCUT2D eigenvalue weighted by atomic mass is 10.1. The normalized spacial score (nSPS) is 31.8. The molecule has 3 heterocycles. The molecule has 9 heteroatoms. The van der Waals surface area contributed by atoms with Crippen LogP contribution < -0.4 is 4.90 Å². The minimum absolute atomic E-state index is 0.289. The summed E-state index contributed by atoms with van der Waals surface area (Å²) >= 11 is 0. The third-order valence-electron chi connectivity index (χ3n) is 4.20. The molecule has 1 saturated heterocycles. The van der Waals surface area contributed by atoms with Crippen LogP contribution >= 0.6 is 0 Å². The van der Waals surface area contributed by atoms with Gasteiger partial charge in [-0.25, -0.2) is 4.98 Å². The van der Waals surface area contributed by atoms with Crippen LogP contribution in [-0.2, 0) is 9.47 Å². The van der Waals surface area contributed by atoms with E-state index in [2.05, 4.69) is 4.98 Å². The minimum Gasteiger partial charge on any atom is -0.394 e. The van der Waals surface area contributed by atoms with Crippen LogP contribution in [0, 0.1) is 5.41 Å². The van der Waals surface area contributed by atoms with E-state index in [-0.39, 0.29) is 6.61 Å². The molecule has 0 aromatic carbocycles. The number of nitrogens with zero attached hydrogens (tertiary/aromatic N) is 4. The maximum absolute atomic E-state index is 10.2. The predicted octanol–water partition coefficient (Wildman–Crippen LogP) is -1.19. The van der Waals surface area contributed by atoms with E-state index in [0.29, 0.717) is 18.2 Å². The zero-order valence-corrected chi connectivity index (χ0v) is 12.8. The van der Waals surface area contributed by atoms with E-state index < -0.39 is 24.5 Å². The van der Waals surface area contributed by atoms with Gasteiger partial charge in [-0.15, -0.1) is 0 Å². The Labute approximate surface area is 128 Å². The van der Waals surface area contributed by atoms with Gasteiger partial charge >= 0.3 is 0 Å². The average molecular weight is 311 g/mol. The van der Waals surface area contributed by atoms with Gasteiger partial charge in [0.2, 0.25) is 0 Å². The molecule has 2 aliphatic rings. The van der Waals surface area contributed by atoms with Gasteiger partial charge in [0, 0.05) is 21.2 Å². The molecule has 0 spiro atoms. The van der Waals surface area contributed by atoms with Crippen LogP contribution in [0.15, 0.2) is 6.33 Å². The van der Waals surface area contributed by atoms with Crippen LogP contribution in [0.4, 0.5) is 5.82 Å². The summed E-state index contributed by atoms with van der Waals surface area (Å²) in [4.78, 5) is 8.04. The lowest BCUT2D eigenvalue weighted by molar-refractivity contribution is -0.0595. The molecule has 1 aromatic rings. The van der Waals surface area contributed by atoms with Gasteiger partial charge in [0.15, 0.2) is 12.1 Å². The average Bonchev–Trinajstić information content (AvgIpc) is 3.06. The number of hydrogen-bond donors (Lipinski definition) is 3. The number of imidazole rings is 1. The minimum atomic E-state index is -0.922. The van der Waals surface area contributed by atoms with E-state index in [1.54, 1.807) is 15.8 Å². The van der Waals surface area contributed by atoms with E-state index in [0.717, 1.165) is 5.82 Å². The summed E-state index contributed by atoms with van der Waals surface area (Å²) in [5.41, 5.74) is 0.552. The van der Waals surface area contributed by atoms with Gasteiger partial charge in [-0.3, -0.25) is 9.98 Å². The summed E-state index contributed by atoms with van der Waals surface area (Å²) in [6.07, 6.45) is -1.26. The van der Waals surface area contributed by atoms with Gasteiger partial charge in [0.05, 0.1) is 19.6 Å². The SMILES string of the molecule is CO[C@@H]1[C@H](O)[C@@H](CO)O[C@H]1n1cnc2c1N(C)CN(C)C2=N. The van der Waals surface area contributed by atoms with Gasteiger partial charge in [-0.1, -0.05) is 0 Å². The molecule has 1 fully saturated rings. The number of aliphatic hydroxyl groups is 2. The summed E-state index contributed by atoms with van der Waals surface area (Å²) in [5.74, 6) is 1.07. The maximum atomic E-state index is 10.2. The standard InChI is InChI=1S/C13H21N5O4/c1-16-6-17(2)12-8(11(16)14)15-5-18(12)13-10(21-3)9(20)7(4-19)22-13/h5,7,9-10,13-14,19-20H,4,6H2,1-3H3/t7-,9-,10-,13-/m1/s1. The lowest BCUT2D eigenvalue weighted by Crippen LogP contribution is -2.44. The van der Waals surface area contributed by atoms with Crippen LogP contribution in [0.2, 0.25) is 0 Å². The van der Waals surface area contributed by atoms with Crippen molar-refractivity contribution >= 4 is 11.7 Å². The highest BCUT2D eigenvalue weighted by molar-refractivity contribution is 6.00. The van der Waals surface area contributed by atoms with Crippen molar-refractivity contribution in [3.05, 3.63) is 12.0 Å². The largest absolute Gasteiger partial charge is 0.394 e. The van der Waals surface area contributed by atoms with Crippen molar-refractivity contribution in [2.24, 2.45) is 0 Å². The highest BCUT2D eigenvalue weighted by Gasteiger charge is 2.46. The molecule has 4 atom stereocenters. The fourth-order valence-corrected chi connectivity index (χ4v) is 3.07. The van der Waals surface area contributed by atoms with Crippen LogP contribution in [0.3, 0.4) is 0 Å². The van der Waals surface area contributed by atoms with Gasteiger partial charge in [0.1, 0.15) is 29.8 Å². The van der Waals surface area contributed by atoms with E-state index in [1.165, 1.54) is 7.11 Å². The van der Waals surface area contributed by atoms with Crippen molar-refractivity contribution in [2.45, 2.75) is 24.5 Å². The number of fused-ring (bicyclic) bond motifs is 1. The number of ether oxygens (including phenoxy) is 2. The molecule has 0 bridgehead atoms. The monoisotopic (exact) mass is 311 g/mol. The molecule has 0 saturated carbocycles. The number of rotatable bonds is 3. The smallest absolute Gasteiger partial charge is 0.166 e. The summed E-state index contributed by atoms with van der Waals surface area (Å²) in [6, 6.07) is 0. The number of nitrogens with one attached hydrogen (secondary N) is 1. The molecular weight excluding hydrogens is 290 g/mol. The second-order valence-electron chi connectivity index (χ2n) is 5.65. The van der Waals surface area contributed by atoms with Gasteiger partial charge in [-0.2, -0.15) is 0 Å². The lowest BCUT2D eigenvalue weighted by Gasteiger charge is -2.34. The predicted molar refractivity (Wildman–Crippen MR) is 77.9 cm³/mol. The van der Waals surface area contributed by atoms with Gasteiger partial charge < -0.3 is 29.5 Å². The Morgan fingerprint density at radius 2 is 2.18 bits per heavy atom. The number of anilines is 1. The summed E-state index contributed by atoms with van der Waals surface area (Å²) in [5, 5.41) is 27.6. The first-order valence-corrected chi connectivity index (χ1v) is 7.04. The molecule has 0 radical (unpaired) electrons. The summed E-state index contributed by atoms with van der Waals surface area (Å²) in [6.45, 7) is 0.261. The van der Waals surface area contributed by atoms with Crippen LogP contribution in [0.1, 0.15) is 11.9 Å². The summed E-state index contributed by atoms with van der Waals surface area (Å²) in [7, 11) is 5.22. The number of methoxy groups -OCH3 is 1. The fourth-order valence-electron chi connectivity index (χ4n) is 3.07. The molecule has 0 aliphatic carbocycles. The van der Waals surface area contributed by atoms with E-state index in [4.69, 9.17) is 14.9 Å². The summed E-state index contributed by atoms with van der Waals surface area (Å²) < 4.78 is 12.8. The first-order chi connectivity index (χ1) is 10.5. The molecule has 122 valence electrons. The first-order valence-electron chi connectivity index (χ1n) is 7.04. The van der Waals surface area contributed by atoms with Crippen molar-refractivity contribution in [1.82, 2.24) is 14.5 Å². The van der Waals surface area contributed by atoms with Crippen molar-refractivity contribution in [3.63, 3.8) is 0 Å². The van der Waals surface area contributed by atoms with Crippen molar-refractivity contribution in [3.8, 4) is 0 Å². The molecule has 0 amide bonds. The van der Waals surface area contributed by atoms with Crippen molar-refractivity contribution < 1.29 is 19.7 Å². The van der Waals surface area contributed by atoms with Gasteiger partial charge in [-0.05, 0) is 0 Å². The maximum Gasteiger partial charge on any atom is 0.166 e. The number of hydrogen-bond acceptors (Lipinski definition) is 7. The topological polar surface area (TPSA) is 107 Å². The molecule has 2 aliphatic heterocycles. The number of aromatic nitrogens is 2. The van der Waals surface area contributed by atoms with E-state index in [1.807, 2.05) is 19.0 Å². The van der Waals surface area contributed by atoms with E-state index >= 15 is 0 Å². The van der Waals surface area contributed by atoms with Crippen LogP contribution in [0.5, 0.6) is 0 Å². The Morgan fingerprint density at radius 3 is 2.82 bits per heavy atom. The number of amidine groups is 1. The Bertz CT molecular complexity index is 577. The van der Waals surface area contributed by atoms with Crippen LogP contribution in [0.25, 0.3) is 0 Å².